The average Bonchev–Trinajstić information content (AvgIpc) is 2.54. The van der Waals surface area contributed by atoms with Crippen molar-refractivity contribution in [2.75, 3.05) is 6.54 Å². The quantitative estimate of drug-likeness (QED) is 0.746. The molecule has 2 aromatic rings. The Kier molecular flexibility index (Phi) is 5.45. The van der Waals surface area contributed by atoms with Gasteiger partial charge < -0.3 is 21.1 Å². The number of nitrogens with two attached hydrogens (primary N) is 1. The molecule has 120 valence electrons. The standard InChI is InChI=1S/C15H15FN4O3/c16-11-5-1-2-6-12(11)23-14-10(4-3-7-18-14)8-19-13(21)9-20-15(17)22/h1-7H,8-9H2,(H,19,21)(H3,17,20,22). The Morgan fingerprint density at radius 1 is 1.17 bits per heavy atom. The topological polar surface area (TPSA) is 106 Å². The lowest BCUT2D eigenvalue weighted by Crippen LogP contribution is -2.39. The maximum Gasteiger partial charge on any atom is 0.312 e. The van der Waals surface area contributed by atoms with Crippen LogP contribution in [0.1, 0.15) is 5.56 Å². The van der Waals surface area contributed by atoms with Gasteiger partial charge in [0.25, 0.3) is 0 Å². The molecule has 2 rings (SSSR count). The van der Waals surface area contributed by atoms with E-state index >= 15 is 0 Å². The molecular weight excluding hydrogens is 303 g/mol. The third-order valence-electron chi connectivity index (χ3n) is 2.79. The first kappa shape index (κ1) is 16.2. The molecule has 0 saturated heterocycles. The molecule has 23 heavy (non-hydrogen) atoms. The Morgan fingerprint density at radius 2 is 1.96 bits per heavy atom. The number of primary amides is 1. The molecule has 1 aromatic carbocycles. The van der Waals surface area contributed by atoms with Crippen molar-refractivity contribution in [3.05, 3.63) is 54.0 Å². The monoisotopic (exact) mass is 318 g/mol. The summed E-state index contributed by atoms with van der Waals surface area (Å²) in [6.45, 7) is -0.129. The number of halogens is 1. The molecule has 0 aliphatic rings. The lowest BCUT2D eigenvalue weighted by molar-refractivity contribution is -0.120. The minimum absolute atomic E-state index is 0.0363. The Hall–Kier alpha value is -3.16. The fourth-order valence-electron chi connectivity index (χ4n) is 1.71. The number of benzene rings is 1. The Labute approximate surface area is 131 Å². The van der Waals surface area contributed by atoms with Crippen molar-refractivity contribution < 1.29 is 18.7 Å². The number of carbonyl (C=O) groups excluding carboxylic acids is 2. The first-order chi connectivity index (χ1) is 11.1. The van der Waals surface area contributed by atoms with Crippen LogP contribution in [0.2, 0.25) is 0 Å². The number of nitrogens with one attached hydrogen (secondary N) is 2. The summed E-state index contributed by atoms with van der Waals surface area (Å²) in [4.78, 5) is 26.1. The van der Waals surface area contributed by atoms with E-state index in [2.05, 4.69) is 15.6 Å². The Morgan fingerprint density at radius 3 is 2.70 bits per heavy atom. The summed E-state index contributed by atoms with van der Waals surface area (Å²) in [5.74, 6) is -0.724. The van der Waals surface area contributed by atoms with Gasteiger partial charge in [-0.2, -0.15) is 0 Å². The van der Waals surface area contributed by atoms with Gasteiger partial charge in [0.1, 0.15) is 0 Å². The lowest BCUT2D eigenvalue weighted by atomic mass is 10.2. The second kappa shape index (κ2) is 7.74. The Bertz CT molecular complexity index is 709. The van der Waals surface area contributed by atoms with Crippen molar-refractivity contribution >= 4 is 11.9 Å². The lowest BCUT2D eigenvalue weighted by Gasteiger charge is -2.11. The summed E-state index contributed by atoms with van der Waals surface area (Å²) >= 11 is 0. The van der Waals surface area contributed by atoms with Crippen LogP contribution in [0.15, 0.2) is 42.6 Å². The number of pyridine rings is 1. The third kappa shape index (κ3) is 4.95. The van der Waals surface area contributed by atoms with Crippen molar-refractivity contribution in [1.29, 1.82) is 0 Å². The van der Waals surface area contributed by atoms with Gasteiger partial charge >= 0.3 is 6.03 Å². The van der Waals surface area contributed by atoms with Crippen LogP contribution in [0.25, 0.3) is 0 Å². The molecule has 0 spiro atoms. The predicted molar refractivity (Wildman–Crippen MR) is 80.1 cm³/mol. The molecular formula is C15H15FN4O3. The van der Waals surface area contributed by atoms with E-state index in [-0.39, 0.29) is 24.7 Å². The van der Waals surface area contributed by atoms with Crippen molar-refractivity contribution in [3.63, 3.8) is 0 Å². The van der Waals surface area contributed by atoms with Gasteiger partial charge in [0.2, 0.25) is 11.8 Å². The highest BCUT2D eigenvalue weighted by molar-refractivity contribution is 5.83. The molecule has 0 aliphatic heterocycles. The number of carbonyl (C=O) groups is 2. The molecule has 8 heteroatoms. The molecule has 1 heterocycles. The zero-order valence-corrected chi connectivity index (χ0v) is 12.1. The summed E-state index contributed by atoms with van der Waals surface area (Å²) in [6, 6.07) is 8.50. The van der Waals surface area contributed by atoms with E-state index in [1.165, 1.54) is 18.3 Å². The highest BCUT2D eigenvalue weighted by Gasteiger charge is 2.10. The second-order valence-corrected chi connectivity index (χ2v) is 4.49. The third-order valence-corrected chi connectivity index (χ3v) is 2.79. The number of hydrogen-bond donors (Lipinski definition) is 3. The van der Waals surface area contributed by atoms with Gasteiger partial charge in [-0.3, -0.25) is 4.79 Å². The van der Waals surface area contributed by atoms with E-state index < -0.39 is 17.8 Å². The average molecular weight is 318 g/mol. The molecule has 4 N–H and O–H groups in total. The van der Waals surface area contributed by atoms with Gasteiger partial charge in [0, 0.05) is 18.3 Å². The van der Waals surface area contributed by atoms with E-state index in [0.717, 1.165) is 0 Å². The fourth-order valence-corrected chi connectivity index (χ4v) is 1.71. The van der Waals surface area contributed by atoms with Crippen LogP contribution in [0, 0.1) is 5.82 Å². The molecule has 0 atom stereocenters. The fraction of sp³-hybridized carbons (Fsp3) is 0.133. The number of aromatic nitrogens is 1. The number of amides is 3. The predicted octanol–water partition coefficient (Wildman–Crippen LogP) is 1.30. The molecule has 1 aromatic heterocycles. The zero-order chi connectivity index (χ0) is 16.7. The van der Waals surface area contributed by atoms with Gasteiger partial charge in [0.05, 0.1) is 6.54 Å². The number of ether oxygens (including phenoxy) is 1. The van der Waals surface area contributed by atoms with Gasteiger partial charge in [-0.25, -0.2) is 14.2 Å². The van der Waals surface area contributed by atoms with Crippen LogP contribution in [-0.4, -0.2) is 23.5 Å². The van der Waals surface area contributed by atoms with Crippen LogP contribution in [0.3, 0.4) is 0 Å². The minimum atomic E-state index is -0.787. The smallest absolute Gasteiger partial charge is 0.312 e. The van der Waals surface area contributed by atoms with Crippen molar-refractivity contribution in [2.24, 2.45) is 5.73 Å². The van der Waals surface area contributed by atoms with Crippen molar-refractivity contribution in [3.8, 4) is 11.6 Å². The van der Waals surface area contributed by atoms with Crippen LogP contribution in [0.5, 0.6) is 11.6 Å². The molecule has 0 aliphatic carbocycles. The van der Waals surface area contributed by atoms with E-state index in [1.807, 2.05) is 0 Å². The summed E-state index contributed by atoms with van der Waals surface area (Å²) in [7, 11) is 0. The van der Waals surface area contributed by atoms with Crippen molar-refractivity contribution in [1.82, 2.24) is 15.6 Å². The van der Waals surface area contributed by atoms with Gasteiger partial charge in [-0.05, 0) is 18.2 Å². The molecule has 7 nitrogen and oxygen atoms in total. The van der Waals surface area contributed by atoms with Crippen LogP contribution >= 0.6 is 0 Å². The zero-order valence-electron chi connectivity index (χ0n) is 12.1. The maximum absolute atomic E-state index is 13.6. The largest absolute Gasteiger partial charge is 0.436 e. The normalized spacial score (nSPS) is 9.96. The van der Waals surface area contributed by atoms with Gasteiger partial charge in [0.15, 0.2) is 11.6 Å². The highest BCUT2D eigenvalue weighted by atomic mass is 19.1. The van der Waals surface area contributed by atoms with Gasteiger partial charge in [-0.15, -0.1) is 0 Å². The number of para-hydroxylation sites is 1. The summed E-state index contributed by atoms with van der Waals surface area (Å²) in [5.41, 5.74) is 5.44. The number of urea groups is 1. The first-order valence-electron chi connectivity index (χ1n) is 6.72. The number of nitrogens with zero attached hydrogens (tertiary/aromatic N) is 1. The highest BCUT2D eigenvalue weighted by Crippen LogP contribution is 2.25. The van der Waals surface area contributed by atoms with Crippen LogP contribution in [-0.2, 0) is 11.3 Å². The maximum atomic E-state index is 13.6. The first-order valence-corrected chi connectivity index (χ1v) is 6.72. The molecule has 0 radical (unpaired) electrons. The number of hydrogen-bond acceptors (Lipinski definition) is 4. The van der Waals surface area contributed by atoms with E-state index in [4.69, 9.17) is 10.5 Å². The molecule has 3 amide bonds. The summed E-state index contributed by atoms with van der Waals surface area (Å²) in [6.07, 6.45) is 1.50. The van der Waals surface area contributed by atoms with Crippen LogP contribution in [0.4, 0.5) is 9.18 Å². The second-order valence-electron chi connectivity index (χ2n) is 4.49. The molecule has 0 fully saturated rings. The van der Waals surface area contributed by atoms with Crippen molar-refractivity contribution in [2.45, 2.75) is 6.54 Å². The van der Waals surface area contributed by atoms with E-state index in [9.17, 15) is 14.0 Å². The Balaban J connectivity index is 2.02. The number of rotatable bonds is 6. The SMILES string of the molecule is NC(=O)NCC(=O)NCc1cccnc1Oc1ccccc1F. The molecule has 0 unspecified atom stereocenters. The molecule has 0 bridgehead atoms. The van der Waals surface area contributed by atoms with E-state index in [0.29, 0.717) is 5.56 Å². The minimum Gasteiger partial charge on any atom is -0.436 e. The van der Waals surface area contributed by atoms with Crippen LogP contribution < -0.4 is 21.1 Å². The summed E-state index contributed by atoms with van der Waals surface area (Å²) in [5, 5.41) is 4.75. The molecule has 0 saturated carbocycles. The van der Waals surface area contributed by atoms with E-state index in [1.54, 1.807) is 24.3 Å². The van der Waals surface area contributed by atoms with Gasteiger partial charge in [-0.1, -0.05) is 18.2 Å². The summed E-state index contributed by atoms with van der Waals surface area (Å²) < 4.78 is 19.1.